The monoisotopic (exact) mass is 327 g/mol. The Labute approximate surface area is 143 Å². The molecule has 0 spiro atoms. The van der Waals surface area contributed by atoms with E-state index in [1.165, 1.54) is 0 Å². The van der Waals surface area contributed by atoms with Gasteiger partial charge in [0.05, 0.1) is 6.61 Å². The van der Waals surface area contributed by atoms with E-state index in [1.54, 1.807) is 0 Å². The van der Waals surface area contributed by atoms with Crippen LogP contribution in [0.25, 0.3) is 0 Å². The van der Waals surface area contributed by atoms with Crippen molar-refractivity contribution in [3.05, 3.63) is 59.7 Å². The predicted octanol–water partition coefficient (Wildman–Crippen LogP) is 3.87. The van der Waals surface area contributed by atoms with Crippen LogP contribution >= 0.6 is 0 Å². The van der Waals surface area contributed by atoms with Crippen LogP contribution in [0, 0.1) is 6.92 Å². The fraction of sp³-hybridized carbons (Fsp3) is 0.350. The summed E-state index contributed by atoms with van der Waals surface area (Å²) in [5, 5.41) is 2.93. The van der Waals surface area contributed by atoms with E-state index in [2.05, 4.69) is 5.32 Å². The zero-order valence-corrected chi connectivity index (χ0v) is 14.5. The van der Waals surface area contributed by atoms with Crippen molar-refractivity contribution >= 4 is 5.91 Å². The molecule has 0 fully saturated rings. The third-order valence-corrected chi connectivity index (χ3v) is 3.64. The lowest BCUT2D eigenvalue weighted by atomic mass is 10.2. The van der Waals surface area contributed by atoms with Crippen molar-refractivity contribution in [3.8, 4) is 11.5 Å². The van der Waals surface area contributed by atoms with Gasteiger partial charge in [-0.05, 0) is 50.1 Å². The van der Waals surface area contributed by atoms with Crippen molar-refractivity contribution in [2.24, 2.45) is 0 Å². The van der Waals surface area contributed by atoms with Gasteiger partial charge < -0.3 is 14.8 Å². The maximum Gasteiger partial charge on any atom is 0.261 e. The van der Waals surface area contributed by atoms with Crippen molar-refractivity contribution in [1.29, 1.82) is 0 Å². The van der Waals surface area contributed by atoms with E-state index in [-0.39, 0.29) is 5.91 Å². The van der Waals surface area contributed by atoms with E-state index in [9.17, 15) is 4.79 Å². The first-order chi connectivity index (χ1) is 11.6. The quantitative estimate of drug-likeness (QED) is 0.801. The molecule has 4 heteroatoms. The third kappa shape index (κ3) is 5.30. The second-order valence-electron chi connectivity index (χ2n) is 5.63. The highest BCUT2D eigenvalue weighted by Gasteiger charge is 2.18. The molecule has 4 nitrogen and oxygen atoms in total. The summed E-state index contributed by atoms with van der Waals surface area (Å²) in [4.78, 5) is 12.4. The van der Waals surface area contributed by atoms with E-state index < -0.39 is 6.10 Å². The van der Waals surface area contributed by atoms with Gasteiger partial charge in [-0.2, -0.15) is 0 Å². The molecule has 1 N–H and O–H groups in total. The molecule has 0 bridgehead atoms. The van der Waals surface area contributed by atoms with E-state index >= 15 is 0 Å². The Balaban J connectivity index is 1.91. The van der Waals surface area contributed by atoms with Crippen LogP contribution in [0.2, 0.25) is 0 Å². The number of rotatable bonds is 8. The van der Waals surface area contributed by atoms with Crippen LogP contribution in [-0.4, -0.2) is 18.6 Å². The Morgan fingerprint density at radius 1 is 1.08 bits per heavy atom. The fourth-order valence-corrected chi connectivity index (χ4v) is 2.32. The van der Waals surface area contributed by atoms with Gasteiger partial charge in [0.15, 0.2) is 6.10 Å². The molecule has 2 rings (SSSR count). The second-order valence-corrected chi connectivity index (χ2v) is 5.63. The highest BCUT2D eigenvalue weighted by molar-refractivity contribution is 5.81. The van der Waals surface area contributed by atoms with Crippen molar-refractivity contribution in [3.63, 3.8) is 0 Å². The molecule has 0 aromatic heterocycles. The number of hydrogen-bond acceptors (Lipinski definition) is 3. The molecular weight excluding hydrogens is 302 g/mol. The molecule has 0 unspecified atom stereocenters. The highest BCUT2D eigenvalue weighted by Crippen LogP contribution is 2.16. The molecule has 24 heavy (non-hydrogen) atoms. The van der Waals surface area contributed by atoms with Crippen LogP contribution in [0.4, 0.5) is 0 Å². The molecule has 0 heterocycles. The maximum atomic E-state index is 12.4. The summed E-state index contributed by atoms with van der Waals surface area (Å²) in [5.74, 6) is 1.41. The topological polar surface area (TPSA) is 47.6 Å². The Kier molecular flexibility index (Phi) is 6.67. The van der Waals surface area contributed by atoms with Crippen LogP contribution in [0.15, 0.2) is 48.5 Å². The summed E-state index contributed by atoms with van der Waals surface area (Å²) in [6.07, 6.45) is 0.112. The van der Waals surface area contributed by atoms with Crippen LogP contribution in [0.3, 0.4) is 0 Å². The minimum absolute atomic E-state index is 0.111. The molecule has 128 valence electrons. The number of aryl methyl sites for hydroxylation is 1. The standard InChI is InChI=1S/C20H25NO3/c1-4-19(24-17-11-9-15(3)10-12-17)20(22)21-14-16-7-6-8-18(13-16)23-5-2/h6-13,19H,4-5,14H2,1-3H3,(H,21,22)/t19-/m0/s1. The van der Waals surface area contributed by atoms with Crippen LogP contribution < -0.4 is 14.8 Å². The summed E-state index contributed by atoms with van der Waals surface area (Å²) >= 11 is 0. The number of carbonyl (C=O) groups excluding carboxylic acids is 1. The lowest BCUT2D eigenvalue weighted by molar-refractivity contribution is -0.128. The summed E-state index contributed by atoms with van der Waals surface area (Å²) in [7, 11) is 0. The molecule has 0 radical (unpaired) electrons. The Morgan fingerprint density at radius 2 is 1.83 bits per heavy atom. The minimum Gasteiger partial charge on any atom is -0.494 e. The lowest BCUT2D eigenvalue weighted by Gasteiger charge is -2.17. The number of ether oxygens (including phenoxy) is 2. The SMILES string of the molecule is CCOc1cccc(CNC(=O)[C@H](CC)Oc2ccc(C)cc2)c1. The van der Waals surface area contributed by atoms with E-state index in [4.69, 9.17) is 9.47 Å². The van der Waals surface area contributed by atoms with Crippen molar-refractivity contribution < 1.29 is 14.3 Å². The number of nitrogens with one attached hydrogen (secondary N) is 1. The minimum atomic E-state index is -0.497. The smallest absolute Gasteiger partial charge is 0.261 e. The summed E-state index contributed by atoms with van der Waals surface area (Å²) < 4.78 is 11.3. The Morgan fingerprint density at radius 3 is 2.50 bits per heavy atom. The van der Waals surface area contributed by atoms with Gasteiger partial charge >= 0.3 is 0 Å². The number of carbonyl (C=O) groups is 1. The van der Waals surface area contributed by atoms with Gasteiger partial charge in [0, 0.05) is 6.54 Å². The molecule has 0 aliphatic heterocycles. The van der Waals surface area contributed by atoms with Crippen LogP contribution in [0.1, 0.15) is 31.4 Å². The average molecular weight is 327 g/mol. The molecule has 0 saturated carbocycles. The fourth-order valence-electron chi connectivity index (χ4n) is 2.32. The first kappa shape index (κ1) is 17.9. The second kappa shape index (κ2) is 8.96. The van der Waals surface area contributed by atoms with Gasteiger partial charge in [-0.3, -0.25) is 4.79 Å². The van der Waals surface area contributed by atoms with Gasteiger partial charge in [-0.1, -0.05) is 36.8 Å². The normalized spacial score (nSPS) is 11.6. The van der Waals surface area contributed by atoms with E-state index in [1.807, 2.05) is 69.3 Å². The number of benzene rings is 2. The first-order valence-corrected chi connectivity index (χ1v) is 8.35. The molecule has 0 saturated heterocycles. The van der Waals surface area contributed by atoms with E-state index in [0.717, 1.165) is 16.9 Å². The highest BCUT2D eigenvalue weighted by atomic mass is 16.5. The van der Waals surface area contributed by atoms with Crippen molar-refractivity contribution in [1.82, 2.24) is 5.32 Å². The van der Waals surface area contributed by atoms with Crippen molar-refractivity contribution in [2.45, 2.75) is 39.8 Å². The van der Waals surface area contributed by atoms with Gasteiger partial charge in [-0.25, -0.2) is 0 Å². The van der Waals surface area contributed by atoms with Crippen LogP contribution in [0.5, 0.6) is 11.5 Å². The molecular formula is C20H25NO3. The molecule has 0 aliphatic carbocycles. The zero-order valence-electron chi connectivity index (χ0n) is 14.5. The number of amides is 1. The first-order valence-electron chi connectivity index (χ1n) is 8.35. The molecule has 2 aromatic carbocycles. The number of hydrogen-bond donors (Lipinski definition) is 1. The average Bonchev–Trinajstić information content (AvgIpc) is 2.60. The van der Waals surface area contributed by atoms with Gasteiger partial charge in [0.25, 0.3) is 5.91 Å². The van der Waals surface area contributed by atoms with E-state index in [0.29, 0.717) is 25.3 Å². The Hall–Kier alpha value is -2.49. The van der Waals surface area contributed by atoms with Gasteiger partial charge in [0.2, 0.25) is 0 Å². The third-order valence-electron chi connectivity index (χ3n) is 3.64. The largest absolute Gasteiger partial charge is 0.494 e. The summed E-state index contributed by atoms with van der Waals surface area (Å²) in [5.41, 5.74) is 2.16. The molecule has 1 amide bonds. The Bertz CT molecular complexity index is 652. The lowest BCUT2D eigenvalue weighted by Crippen LogP contribution is -2.37. The molecule has 0 aliphatic rings. The maximum absolute atomic E-state index is 12.4. The zero-order chi connectivity index (χ0) is 17.4. The van der Waals surface area contributed by atoms with Crippen molar-refractivity contribution in [2.75, 3.05) is 6.61 Å². The summed E-state index contributed by atoms with van der Waals surface area (Å²) in [6.45, 7) is 6.98. The van der Waals surface area contributed by atoms with Gasteiger partial charge in [-0.15, -0.1) is 0 Å². The molecule has 1 atom stereocenters. The van der Waals surface area contributed by atoms with Gasteiger partial charge in [0.1, 0.15) is 11.5 Å². The van der Waals surface area contributed by atoms with Crippen LogP contribution in [-0.2, 0) is 11.3 Å². The molecule has 2 aromatic rings. The predicted molar refractivity (Wildman–Crippen MR) is 95.3 cm³/mol. The summed E-state index contributed by atoms with van der Waals surface area (Å²) in [6, 6.07) is 15.4.